The minimum atomic E-state index is -0.808. The summed E-state index contributed by atoms with van der Waals surface area (Å²) in [5.41, 5.74) is 0. The van der Waals surface area contributed by atoms with Gasteiger partial charge in [-0.25, -0.2) is 0 Å². The van der Waals surface area contributed by atoms with E-state index in [9.17, 15) is 14.4 Å². The Kier molecular flexibility index (Phi) is 64.7. The normalized spacial score (nSPS) is 12.7. The summed E-state index contributed by atoms with van der Waals surface area (Å²) in [5, 5.41) is 0. The van der Waals surface area contributed by atoms with Crippen LogP contribution in [0.25, 0.3) is 0 Å². The lowest BCUT2D eigenvalue weighted by Crippen LogP contribution is -2.30. The molecular formula is C74H128O6. The molecule has 0 aromatic heterocycles. The van der Waals surface area contributed by atoms with Crippen LogP contribution in [-0.4, -0.2) is 37.2 Å². The first-order valence-corrected chi connectivity index (χ1v) is 34.2. The van der Waals surface area contributed by atoms with Crippen molar-refractivity contribution in [3.05, 3.63) is 97.2 Å². The Morgan fingerprint density at radius 2 is 0.487 bits per heavy atom. The summed E-state index contributed by atoms with van der Waals surface area (Å²) in [5.74, 6) is -0.942. The zero-order chi connectivity index (χ0) is 57.8. The minimum absolute atomic E-state index is 0.0977. The van der Waals surface area contributed by atoms with E-state index in [4.69, 9.17) is 14.2 Å². The highest BCUT2D eigenvalue weighted by molar-refractivity contribution is 5.71. The molecule has 0 aromatic rings. The average molecular weight is 1110 g/mol. The monoisotopic (exact) mass is 1110 g/mol. The van der Waals surface area contributed by atoms with E-state index >= 15 is 0 Å². The number of ether oxygens (including phenoxy) is 3. The number of esters is 3. The Balaban J connectivity index is 4.37. The summed E-state index contributed by atoms with van der Waals surface area (Å²) in [6.45, 7) is 6.49. The van der Waals surface area contributed by atoms with Gasteiger partial charge in [0.05, 0.1) is 0 Å². The fourth-order valence-corrected chi connectivity index (χ4v) is 9.71. The number of carbonyl (C=O) groups excluding carboxylic acids is 3. The molecule has 6 heteroatoms. The summed E-state index contributed by atoms with van der Waals surface area (Å²) in [7, 11) is 0. The Morgan fingerprint density at radius 1 is 0.263 bits per heavy atom. The van der Waals surface area contributed by atoms with Gasteiger partial charge in [-0.1, -0.05) is 311 Å². The van der Waals surface area contributed by atoms with Crippen molar-refractivity contribution in [1.29, 1.82) is 0 Å². The second kappa shape index (κ2) is 67.8. The quantitative estimate of drug-likeness (QED) is 0.0261. The number of carbonyl (C=O) groups is 3. The topological polar surface area (TPSA) is 78.9 Å². The van der Waals surface area contributed by atoms with E-state index in [1.54, 1.807) is 0 Å². The smallest absolute Gasteiger partial charge is 0.306 e. The van der Waals surface area contributed by atoms with Gasteiger partial charge in [-0.2, -0.15) is 0 Å². The van der Waals surface area contributed by atoms with Crippen LogP contribution < -0.4 is 0 Å². The highest BCUT2D eigenvalue weighted by Gasteiger charge is 2.19. The van der Waals surface area contributed by atoms with Crippen molar-refractivity contribution in [1.82, 2.24) is 0 Å². The van der Waals surface area contributed by atoms with Gasteiger partial charge < -0.3 is 14.2 Å². The van der Waals surface area contributed by atoms with Gasteiger partial charge in [0, 0.05) is 19.3 Å². The van der Waals surface area contributed by atoms with E-state index in [0.717, 1.165) is 116 Å². The molecule has 0 amide bonds. The third-order valence-electron chi connectivity index (χ3n) is 14.8. The first-order valence-electron chi connectivity index (χ1n) is 34.2. The lowest BCUT2D eigenvalue weighted by molar-refractivity contribution is -0.167. The molecule has 0 radical (unpaired) electrons. The molecule has 0 aliphatic heterocycles. The molecule has 0 spiro atoms. The lowest BCUT2D eigenvalue weighted by atomic mass is 10.0. The van der Waals surface area contributed by atoms with E-state index in [0.29, 0.717) is 19.3 Å². The van der Waals surface area contributed by atoms with Gasteiger partial charge in [0.2, 0.25) is 0 Å². The number of hydrogen-bond donors (Lipinski definition) is 0. The summed E-state index contributed by atoms with van der Waals surface area (Å²) in [6, 6.07) is 0. The molecule has 1 atom stereocenters. The molecule has 0 aromatic carbocycles. The summed E-state index contributed by atoms with van der Waals surface area (Å²) >= 11 is 0. The number of unbranched alkanes of at least 4 members (excludes halogenated alkanes) is 35. The van der Waals surface area contributed by atoms with E-state index in [2.05, 4.69) is 118 Å². The summed E-state index contributed by atoms with van der Waals surface area (Å²) in [4.78, 5) is 38.4. The molecule has 0 fully saturated rings. The van der Waals surface area contributed by atoms with Crippen molar-refractivity contribution in [2.75, 3.05) is 13.2 Å². The Labute approximate surface area is 496 Å². The van der Waals surface area contributed by atoms with Crippen LogP contribution in [-0.2, 0) is 28.6 Å². The zero-order valence-electron chi connectivity index (χ0n) is 52.8. The molecule has 0 aliphatic carbocycles. The van der Waals surface area contributed by atoms with Crippen molar-refractivity contribution in [3.8, 4) is 0 Å². The van der Waals surface area contributed by atoms with Crippen molar-refractivity contribution >= 4 is 17.9 Å². The third kappa shape index (κ3) is 65.1. The molecule has 0 saturated carbocycles. The van der Waals surface area contributed by atoms with Crippen LogP contribution in [0.2, 0.25) is 0 Å². The van der Waals surface area contributed by atoms with Gasteiger partial charge in [-0.3, -0.25) is 14.4 Å². The van der Waals surface area contributed by atoms with Crippen molar-refractivity contribution in [2.24, 2.45) is 0 Å². The fourth-order valence-electron chi connectivity index (χ4n) is 9.71. The van der Waals surface area contributed by atoms with E-state index in [1.165, 1.54) is 173 Å². The van der Waals surface area contributed by atoms with Gasteiger partial charge in [0.15, 0.2) is 6.10 Å². The van der Waals surface area contributed by atoms with Gasteiger partial charge in [-0.05, 0) is 103 Å². The second-order valence-electron chi connectivity index (χ2n) is 22.7. The van der Waals surface area contributed by atoms with Gasteiger partial charge in [-0.15, -0.1) is 0 Å². The average Bonchev–Trinajstić information content (AvgIpc) is 3.46. The zero-order valence-corrected chi connectivity index (χ0v) is 52.8. The molecule has 0 heterocycles. The van der Waals surface area contributed by atoms with E-state index in [-0.39, 0.29) is 37.5 Å². The van der Waals surface area contributed by atoms with Gasteiger partial charge >= 0.3 is 17.9 Å². The molecule has 0 aliphatic rings. The first-order chi connectivity index (χ1) is 39.5. The van der Waals surface area contributed by atoms with Crippen LogP contribution in [0, 0.1) is 0 Å². The summed E-state index contributed by atoms with van der Waals surface area (Å²) in [6.07, 6.45) is 91.5. The molecule has 0 bridgehead atoms. The summed E-state index contributed by atoms with van der Waals surface area (Å²) < 4.78 is 16.9. The lowest BCUT2D eigenvalue weighted by Gasteiger charge is -2.18. The highest BCUT2D eigenvalue weighted by atomic mass is 16.6. The second-order valence-corrected chi connectivity index (χ2v) is 22.7. The molecule has 1 unspecified atom stereocenters. The number of rotatable bonds is 62. The maximum atomic E-state index is 12.9. The highest BCUT2D eigenvalue weighted by Crippen LogP contribution is 2.17. The third-order valence-corrected chi connectivity index (χ3v) is 14.8. The van der Waals surface area contributed by atoms with Crippen LogP contribution in [0.15, 0.2) is 97.2 Å². The molecule has 0 rings (SSSR count). The fraction of sp³-hybridized carbons (Fsp3) is 0.743. The minimum Gasteiger partial charge on any atom is -0.462 e. The van der Waals surface area contributed by atoms with Crippen molar-refractivity contribution in [2.45, 2.75) is 341 Å². The number of hydrogen-bond acceptors (Lipinski definition) is 6. The first kappa shape index (κ1) is 76.3. The standard InChI is InChI=1S/C74H128O6/c1-4-7-10-13-16-19-22-25-28-30-32-34-35-36-37-38-40-41-43-46-49-52-55-58-61-64-67-73(76)79-70-71(69-78-72(75)66-63-60-57-54-51-48-45-27-24-21-18-15-12-9-6-3)80-74(77)68-65-62-59-56-53-50-47-44-42-39-33-31-29-26-23-20-17-14-11-8-5-2/h8,11,17-18,20-21,26-27,29,33,39,44-45,47,53,56,71H,4-7,9-10,12-16,19,22-25,28,30-32,34-38,40-43,46,48-52,54-55,57-70H2,1-3H3/b11-8-,20-17-,21-18-,29-26-,39-33-,45-27-,47-44-,56-53-. The Hall–Kier alpha value is -3.67. The van der Waals surface area contributed by atoms with Gasteiger partial charge in [0.1, 0.15) is 13.2 Å². The Bertz CT molecular complexity index is 1560. The molecule has 0 saturated heterocycles. The molecule has 6 nitrogen and oxygen atoms in total. The predicted molar refractivity (Wildman–Crippen MR) is 348 cm³/mol. The Morgan fingerprint density at radius 3 is 0.812 bits per heavy atom. The van der Waals surface area contributed by atoms with Crippen molar-refractivity contribution in [3.63, 3.8) is 0 Å². The maximum Gasteiger partial charge on any atom is 0.306 e. The molecule has 80 heavy (non-hydrogen) atoms. The van der Waals surface area contributed by atoms with Crippen LogP contribution in [0.4, 0.5) is 0 Å². The van der Waals surface area contributed by atoms with Crippen LogP contribution in [0.1, 0.15) is 335 Å². The van der Waals surface area contributed by atoms with Crippen molar-refractivity contribution < 1.29 is 28.6 Å². The molecule has 460 valence electrons. The maximum absolute atomic E-state index is 12.9. The largest absolute Gasteiger partial charge is 0.462 e. The SMILES string of the molecule is CC/C=C\C/C=C\C/C=C\C/C=C\C/C=C\C/C=C\CCCCC(=O)OC(COC(=O)CCCCCCC/C=C\C/C=C\CCCCC)COC(=O)CCCCCCCCCCCCCCCCCCCCCCCCCCCC. The number of allylic oxidation sites excluding steroid dienone is 16. The molecular weight excluding hydrogens is 985 g/mol. The van der Waals surface area contributed by atoms with Crippen LogP contribution in [0.3, 0.4) is 0 Å². The molecule has 0 N–H and O–H groups in total. The van der Waals surface area contributed by atoms with Gasteiger partial charge in [0.25, 0.3) is 0 Å². The predicted octanol–water partition coefficient (Wildman–Crippen LogP) is 23.6. The van der Waals surface area contributed by atoms with E-state index < -0.39 is 6.10 Å². The van der Waals surface area contributed by atoms with Crippen LogP contribution >= 0.6 is 0 Å². The van der Waals surface area contributed by atoms with Crippen LogP contribution in [0.5, 0.6) is 0 Å². The van der Waals surface area contributed by atoms with E-state index in [1.807, 2.05) is 0 Å².